The van der Waals surface area contributed by atoms with E-state index >= 15 is 0 Å². The molecule has 66 valence electrons. The van der Waals surface area contributed by atoms with Crippen LogP contribution in [0.15, 0.2) is 0 Å². The highest BCUT2D eigenvalue weighted by Gasteiger charge is 2.11. The summed E-state index contributed by atoms with van der Waals surface area (Å²) >= 11 is 4.15. The molecular weight excluding hydrogens is 158 g/mol. The van der Waals surface area contributed by atoms with Gasteiger partial charge in [-0.2, -0.15) is 12.6 Å². The van der Waals surface area contributed by atoms with Gasteiger partial charge in [0.15, 0.2) is 0 Å². The largest absolute Gasteiger partial charge is 0.381 e. The van der Waals surface area contributed by atoms with Crippen LogP contribution >= 0.6 is 12.6 Å². The highest BCUT2D eigenvalue weighted by molar-refractivity contribution is 7.80. The zero-order chi connectivity index (χ0) is 7.94. The van der Waals surface area contributed by atoms with Gasteiger partial charge in [-0.3, -0.25) is 0 Å². The monoisotopic (exact) mass is 175 g/mol. The first-order chi connectivity index (χ1) is 5.43. The average molecular weight is 175 g/mol. The van der Waals surface area contributed by atoms with Crippen LogP contribution in [-0.2, 0) is 4.74 Å². The lowest BCUT2D eigenvalue weighted by Gasteiger charge is -2.22. The fraction of sp³-hybridized carbons (Fsp3) is 1.00. The first kappa shape index (κ1) is 9.36. The van der Waals surface area contributed by atoms with Crippen molar-refractivity contribution in [3.8, 4) is 0 Å². The number of hydrogen-bond acceptors (Lipinski definition) is 3. The topological polar surface area (TPSA) is 21.3 Å². The van der Waals surface area contributed by atoms with Gasteiger partial charge < -0.3 is 10.1 Å². The minimum atomic E-state index is 0.698. The summed E-state index contributed by atoms with van der Waals surface area (Å²) < 4.78 is 5.25. The predicted molar refractivity (Wildman–Crippen MR) is 50.3 cm³/mol. The van der Waals surface area contributed by atoms with Crippen molar-refractivity contribution in [1.82, 2.24) is 5.32 Å². The molecule has 0 spiro atoms. The molecule has 0 amide bonds. The van der Waals surface area contributed by atoms with Gasteiger partial charge in [-0.15, -0.1) is 0 Å². The van der Waals surface area contributed by atoms with E-state index in [0.717, 1.165) is 25.5 Å². The van der Waals surface area contributed by atoms with Crippen LogP contribution in [0.2, 0.25) is 0 Å². The average Bonchev–Trinajstić information content (AvgIpc) is 2.07. The van der Waals surface area contributed by atoms with Gasteiger partial charge in [-0.05, 0) is 31.6 Å². The van der Waals surface area contributed by atoms with Gasteiger partial charge in [0, 0.05) is 19.3 Å². The lowest BCUT2D eigenvalue weighted by molar-refractivity contribution is 0.0781. The second-order valence-corrected chi connectivity index (χ2v) is 3.37. The van der Waals surface area contributed by atoms with Crippen molar-refractivity contribution in [2.45, 2.75) is 25.3 Å². The molecule has 3 heteroatoms. The van der Waals surface area contributed by atoms with Crippen LogP contribution in [0.4, 0.5) is 0 Å². The molecule has 1 saturated heterocycles. The van der Waals surface area contributed by atoms with E-state index in [1.54, 1.807) is 0 Å². The van der Waals surface area contributed by atoms with E-state index in [9.17, 15) is 0 Å². The summed E-state index contributed by atoms with van der Waals surface area (Å²) in [7, 11) is 0. The van der Waals surface area contributed by atoms with Crippen LogP contribution in [0.3, 0.4) is 0 Å². The molecule has 0 saturated carbocycles. The summed E-state index contributed by atoms with van der Waals surface area (Å²) in [4.78, 5) is 0. The van der Waals surface area contributed by atoms with Crippen LogP contribution < -0.4 is 5.32 Å². The second kappa shape index (κ2) is 5.86. The normalized spacial score (nSPS) is 20.5. The second-order valence-electron chi connectivity index (χ2n) is 2.92. The van der Waals surface area contributed by atoms with Crippen molar-refractivity contribution in [2.24, 2.45) is 0 Å². The Balaban J connectivity index is 1.96. The van der Waals surface area contributed by atoms with Crippen molar-refractivity contribution in [2.75, 3.05) is 25.5 Å². The van der Waals surface area contributed by atoms with E-state index in [1.165, 1.54) is 19.3 Å². The lowest BCUT2D eigenvalue weighted by Crippen LogP contribution is -2.35. The third-order valence-corrected chi connectivity index (χ3v) is 2.31. The Morgan fingerprint density at radius 2 is 2.09 bits per heavy atom. The molecule has 0 aromatic heterocycles. The third kappa shape index (κ3) is 3.99. The molecule has 1 N–H and O–H groups in total. The minimum Gasteiger partial charge on any atom is -0.381 e. The van der Waals surface area contributed by atoms with Gasteiger partial charge in [0.2, 0.25) is 0 Å². The number of hydrogen-bond donors (Lipinski definition) is 2. The number of thiol groups is 1. The first-order valence-corrected chi connectivity index (χ1v) is 4.98. The van der Waals surface area contributed by atoms with Crippen LogP contribution in [0.25, 0.3) is 0 Å². The van der Waals surface area contributed by atoms with Crippen LogP contribution in [0, 0.1) is 0 Å². The van der Waals surface area contributed by atoms with E-state index in [0.29, 0.717) is 6.04 Å². The Labute approximate surface area is 74.1 Å². The molecule has 0 bridgehead atoms. The molecule has 0 aliphatic carbocycles. The molecule has 2 nitrogen and oxygen atoms in total. The molecule has 11 heavy (non-hydrogen) atoms. The Morgan fingerprint density at radius 1 is 1.36 bits per heavy atom. The van der Waals surface area contributed by atoms with Crippen molar-refractivity contribution in [1.29, 1.82) is 0 Å². The van der Waals surface area contributed by atoms with Crippen molar-refractivity contribution < 1.29 is 4.74 Å². The van der Waals surface area contributed by atoms with E-state index in [4.69, 9.17) is 4.74 Å². The quantitative estimate of drug-likeness (QED) is 0.493. The SMILES string of the molecule is SCCCNC1CCOCC1. The molecule has 0 radical (unpaired) electrons. The Hall–Kier alpha value is 0.270. The van der Waals surface area contributed by atoms with Gasteiger partial charge in [-0.25, -0.2) is 0 Å². The fourth-order valence-electron chi connectivity index (χ4n) is 1.29. The summed E-state index contributed by atoms with van der Waals surface area (Å²) in [6.45, 7) is 2.96. The molecule has 1 fully saturated rings. The van der Waals surface area contributed by atoms with Gasteiger partial charge in [0.1, 0.15) is 0 Å². The van der Waals surface area contributed by atoms with Crippen molar-refractivity contribution in [3.05, 3.63) is 0 Å². The Kier molecular flexibility index (Phi) is 4.99. The molecule has 0 aromatic carbocycles. The molecule has 1 heterocycles. The lowest BCUT2D eigenvalue weighted by atomic mass is 10.1. The summed E-state index contributed by atoms with van der Waals surface area (Å²) in [5, 5.41) is 3.49. The van der Waals surface area contributed by atoms with Gasteiger partial charge in [0.05, 0.1) is 0 Å². The molecule has 1 aliphatic heterocycles. The smallest absolute Gasteiger partial charge is 0.0480 e. The highest BCUT2D eigenvalue weighted by atomic mass is 32.1. The number of ether oxygens (including phenoxy) is 1. The first-order valence-electron chi connectivity index (χ1n) is 4.35. The molecule has 1 rings (SSSR count). The standard InChI is InChI=1S/C8H17NOS/c11-7-1-4-9-8-2-5-10-6-3-8/h8-9,11H,1-7H2. The summed E-state index contributed by atoms with van der Waals surface area (Å²) in [5.74, 6) is 0.982. The summed E-state index contributed by atoms with van der Waals surface area (Å²) in [6, 6.07) is 0.698. The van der Waals surface area contributed by atoms with Crippen LogP contribution in [-0.4, -0.2) is 31.6 Å². The zero-order valence-electron chi connectivity index (χ0n) is 6.88. The van der Waals surface area contributed by atoms with Crippen molar-refractivity contribution in [3.63, 3.8) is 0 Å². The summed E-state index contributed by atoms with van der Waals surface area (Å²) in [5.41, 5.74) is 0. The van der Waals surface area contributed by atoms with Crippen LogP contribution in [0.1, 0.15) is 19.3 Å². The predicted octanol–water partition coefficient (Wildman–Crippen LogP) is 1.07. The molecule has 0 atom stereocenters. The maximum absolute atomic E-state index is 5.25. The molecule has 0 aromatic rings. The van der Waals surface area contributed by atoms with E-state index in [1.807, 2.05) is 0 Å². The minimum absolute atomic E-state index is 0.698. The maximum Gasteiger partial charge on any atom is 0.0480 e. The Morgan fingerprint density at radius 3 is 2.73 bits per heavy atom. The Bertz CT molecular complexity index is 94.1. The van der Waals surface area contributed by atoms with Gasteiger partial charge >= 0.3 is 0 Å². The summed E-state index contributed by atoms with van der Waals surface area (Å²) in [6.07, 6.45) is 3.51. The molecule has 1 aliphatic rings. The molecule has 0 unspecified atom stereocenters. The molecular formula is C8H17NOS. The highest BCUT2D eigenvalue weighted by Crippen LogP contribution is 2.05. The number of nitrogens with one attached hydrogen (secondary N) is 1. The van der Waals surface area contributed by atoms with E-state index in [2.05, 4.69) is 17.9 Å². The van der Waals surface area contributed by atoms with Gasteiger partial charge in [0.25, 0.3) is 0 Å². The zero-order valence-corrected chi connectivity index (χ0v) is 7.78. The van der Waals surface area contributed by atoms with E-state index < -0.39 is 0 Å². The third-order valence-electron chi connectivity index (χ3n) is 1.99. The maximum atomic E-state index is 5.25. The van der Waals surface area contributed by atoms with E-state index in [-0.39, 0.29) is 0 Å². The van der Waals surface area contributed by atoms with Crippen molar-refractivity contribution >= 4 is 12.6 Å². The van der Waals surface area contributed by atoms with Gasteiger partial charge in [-0.1, -0.05) is 0 Å². The van der Waals surface area contributed by atoms with Crippen LogP contribution in [0.5, 0.6) is 0 Å². The number of rotatable bonds is 4. The fourth-order valence-corrected chi connectivity index (χ4v) is 1.45.